The number of hydrogen-bond donors (Lipinski definition) is 2. The van der Waals surface area contributed by atoms with E-state index in [2.05, 4.69) is 29.0 Å². The molecule has 0 atom stereocenters. The molecule has 2 aliphatic heterocycles. The predicted octanol–water partition coefficient (Wildman–Crippen LogP) is 7.72. The normalized spacial score (nSPS) is 16.8. The van der Waals surface area contributed by atoms with Crippen LogP contribution in [-0.4, -0.2) is 93.8 Å². The molecule has 2 saturated heterocycles. The fraction of sp³-hybridized carbons (Fsp3) is 0.351. The minimum absolute atomic E-state index is 0.0264. The molecule has 54 heavy (non-hydrogen) atoms. The second kappa shape index (κ2) is 16.9. The lowest BCUT2D eigenvalue weighted by atomic mass is 9.97. The van der Waals surface area contributed by atoms with Crippen LogP contribution in [0.3, 0.4) is 0 Å². The first-order chi connectivity index (χ1) is 25.4. The standard InChI is InChI=1S/C37H36F6N4O5S2/c1-22(2)46-13-11-45(12-14-46)15-16-52-30-8-5-24(25-18-27(36(38,39)40)21-28(19-25)37(41,42)43)17-26(30)20-31-33(49)47(35(53)54-31)10-9-32(48)44-29-6-3-23(4-7-29)34(50)51/h3-8,17-22H,9-16H2,1-2H3,(H,44,48)(H,50,51)/b31-20-. The minimum atomic E-state index is -5.04. The summed E-state index contributed by atoms with van der Waals surface area (Å²) in [6, 6.07) is 11.4. The molecule has 0 radical (unpaired) electrons. The lowest BCUT2D eigenvalue weighted by Crippen LogP contribution is -2.49. The predicted molar refractivity (Wildman–Crippen MR) is 197 cm³/mol. The van der Waals surface area contributed by atoms with Crippen LogP contribution >= 0.6 is 24.0 Å². The molecular formula is C37H36F6N4O5S2. The topological polar surface area (TPSA) is 102 Å². The van der Waals surface area contributed by atoms with Gasteiger partial charge in [0.2, 0.25) is 5.91 Å². The van der Waals surface area contributed by atoms with Crippen molar-refractivity contribution in [3.8, 4) is 16.9 Å². The number of thioether (sulfide) groups is 1. The van der Waals surface area contributed by atoms with Gasteiger partial charge in [-0.3, -0.25) is 24.3 Å². The summed E-state index contributed by atoms with van der Waals surface area (Å²) in [5, 5.41) is 11.7. The van der Waals surface area contributed by atoms with Crippen LogP contribution in [-0.2, 0) is 21.9 Å². The van der Waals surface area contributed by atoms with Gasteiger partial charge in [-0.1, -0.05) is 30.0 Å². The van der Waals surface area contributed by atoms with Crippen molar-refractivity contribution < 1.29 is 50.6 Å². The van der Waals surface area contributed by atoms with Gasteiger partial charge < -0.3 is 15.2 Å². The Bertz CT molecular complexity index is 1890. The molecule has 9 nitrogen and oxygen atoms in total. The molecular weight excluding hydrogens is 759 g/mol. The van der Waals surface area contributed by atoms with Gasteiger partial charge in [0.15, 0.2) is 0 Å². The number of nitrogens with zero attached hydrogens (tertiary/aromatic N) is 3. The number of carbonyl (C=O) groups is 3. The number of amides is 2. The van der Waals surface area contributed by atoms with Gasteiger partial charge in [0, 0.05) is 63.0 Å². The zero-order valence-electron chi connectivity index (χ0n) is 29.1. The summed E-state index contributed by atoms with van der Waals surface area (Å²) < 4.78 is 88.4. The van der Waals surface area contributed by atoms with Crippen LogP contribution in [0.4, 0.5) is 32.0 Å². The number of carboxylic acids is 1. The summed E-state index contributed by atoms with van der Waals surface area (Å²) in [7, 11) is 0. The van der Waals surface area contributed by atoms with Gasteiger partial charge >= 0.3 is 18.3 Å². The van der Waals surface area contributed by atoms with Crippen molar-refractivity contribution in [3.63, 3.8) is 0 Å². The highest BCUT2D eigenvalue weighted by Gasteiger charge is 2.37. The van der Waals surface area contributed by atoms with E-state index in [-0.39, 0.29) is 62.9 Å². The fourth-order valence-corrected chi connectivity index (χ4v) is 7.15. The van der Waals surface area contributed by atoms with E-state index in [4.69, 9.17) is 22.1 Å². The number of benzene rings is 3. The fourth-order valence-electron chi connectivity index (χ4n) is 5.85. The molecule has 17 heteroatoms. The number of anilines is 1. The lowest BCUT2D eigenvalue weighted by Gasteiger charge is -2.36. The second-order valence-corrected chi connectivity index (χ2v) is 14.6. The number of nitrogens with one attached hydrogen (secondary N) is 1. The number of ether oxygens (including phenoxy) is 1. The molecule has 0 aliphatic carbocycles. The zero-order valence-corrected chi connectivity index (χ0v) is 30.7. The molecule has 5 rings (SSSR count). The molecule has 288 valence electrons. The van der Waals surface area contributed by atoms with Gasteiger partial charge in [0.05, 0.1) is 21.6 Å². The Morgan fingerprint density at radius 2 is 1.54 bits per heavy atom. The van der Waals surface area contributed by atoms with Crippen molar-refractivity contribution in [2.24, 2.45) is 0 Å². The molecule has 0 unspecified atom stereocenters. The number of piperazine rings is 1. The summed E-state index contributed by atoms with van der Waals surface area (Å²) in [6.45, 7) is 8.36. The highest BCUT2D eigenvalue weighted by molar-refractivity contribution is 8.26. The molecule has 2 aliphatic rings. The summed E-state index contributed by atoms with van der Waals surface area (Å²) in [5.41, 5.74) is -2.62. The van der Waals surface area contributed by atoms with Crippen LogP contribution in [0.15, 0.2) is 65.6 Å². The summed E-state index contributed by atoms with van der Waals surface area (Å²) in [5.74, 6) is -1.89. The molecule has 3 aromatic carbocycles. The quantitative estimate of drug-likeness (QED) is 0.108. The van der Waals surface area contributed by atoms with E-state index < -0.39 is 41.3 Å². The number of aromatic carboxylic acids is 1. The van der Waals surface area contributed by atoms with Crippen molar-refractivity contribution >= 4 is 57.8 Å². The highest BCUT2D eigenvalue weighted by Crippen LogP contribution is 2.40. The monoisotopic (exact) mass is 794 g/mol. The first kappa shape index (κ1) is 40.7. The van der Waals surface area contributed by atoms with Gasteiger partial charge in [-0.2, -0.15) is 26.3 Å². The Hall–Kier alpha value is -4.45. The van der Waals surface area contributed by atoms with Crippen LogP contribution in [0.5, 0.6) is 5.75 Å². The van der Waals surface area contributed by atoms with Gasteiger partial charge in [0.1, 0.15) is 16.7 Å². The highest BCUT2D eigenvalue weighted by atomic mass is 32.2. The minimum Gasteiger partial charge on any atom is -0.492 e. The van der Waals surface area contributed by atoms with Gasteiger partial charge in [0.25, 0.3) is 5.91 Å². The Balaban J connectivity index is 1.38. The van der Waals surface area contributed by atoms with Crippen LogP contribution in [0.1, 0.15) is 47.3 Å². The van der Waals surface area contributed by atoms with Gasteiger partial charge in [-0.15, -0.1) is 0 Å². The molecule has 2 fully saturated rings. The van der Waals surface area contributed by atoms with Crippen molar-refractivity contribution in [2.75, 3.05) is 51.2 Å². The molecule has 2 N–H and O–H groups in total. The third-order valence-corrected chi connectivity index (χ3v) is 10.2. The number of carboxylic acid groups (broad SMARTS) is 1. The van der Waals surface area contributed by atoms with Crippen LogP contribution < -0.4 is 10.1 Å². The van der Waals surface area contributed by atoms with E-state index in [9.17, 15) is 40.7 Å². The maximum Gasteiger partial charge on any atom is 0.416 e. The SMILES string of the molecule is CC(C)N1CCN(CCOc2ccc(-c3cc(C(F)(F)F)cc(C(F)(F)F)c3)cc2/C=C2\SC(=S)N(CCC(=O)Nc3ccc(C(=O)O)cc3)C2=O)CC1. The number of rotatable bonds is 12. The number of carbonyl (C=O) groups excluding carboxylic acids is 2. The molecule has 2 amide bonds. The number of thiocarbonyl (C=S) groups is 1. The van der Waals surface area contributed by atoms with E-state index in [1.54, 1.807) is 0 Å². The average Bonchev–Trinajstić information content (AvgIpc) is 3.38. The first-order valence-corrected chi connectivity index (χ1v) is 18.0. The van der Waals surface area contributed by atoms with E-state index in [0.717, 1.165) is 37.9 Å². The summed E-state index contributed by atoms with van der Waals surface area (Å²) in [6.07, 6.45) is -8.83. The smallest absolute Gasteiger partial charge is 0.416 e. The summed E-state index contributed by atoms with van der Waals surface area (Å²) in [4.78, 5) is 43.1. The third-order valence-electron chi connectivity index (χ3n) is 8.87. The Labute approximate surface area is 316 Å². The average molecular weight is 795 g/mol. The van der Waals surface area contributed by atoms with E-state index >= 15 is 0 Å². The largest absolute Gasteiger partial charge is 0.492 e. The van der Waals surface area contributed by atoms with Crippen LogP contribution in [0, 0.1) is 0 Å². The van der Waals surface area contributed by atoms with Crippen molar-refractivity contribution in [2.45, 2.75) is 38.7 Å². The van der Waals surface area contributed by atoms with Gasteiger partial charge in [-0.05, 0) is 85.6 Å². The van der Waals surface area contributed by atoms with E-state index in [1.807, 2.05) is 0 Å². The summed E-state index contributed by atoms with van der Waals surface area (Å²) >= 11 is 6.34. The first-order valence-electron chi connectivity index (χ1n) is 16.8. The van der Waals surface area contributed by atoms with Crippen molar-refractivity contribution in [1.82, 2.24) is 14.7 Å². The molecule has 0 aromatic heterocycles. The molecule has 0 saturated carbocycles. The molecule has 3 aromatic rings. The van der Waals surface area contributed by atoms with Crippen molar-refractivity contribution in [1.29, 1.82) is 0 Å². The molecule has 2 heterocycles. The molecule has 0 bridgehead atoms. The molecule has 0 spiro atoms. The Morgan fingerprint density at radius 1 is 0.907 bits per heavy atom. The van der Waals surface area contributed by atoms with E-state index in [0.29, 0.717) is 30.4 Å². The number of hydrogen-bond acceptors (Lipinski definition) is 8. The Morgan fingerprint density at radius 3 is 2.11 bits per heavy atom. The second-order valence-electron chi connectivity index (χ2n) is 12.9. The maximum absolute atomic E-state index is 13.7. The van der Waals surface area contributed by atoms with Crippen molar-refractivity contribution in [3.05, 3.63) is 87.8 Å². The number of halogens is 6. The zero-order chi connectivity index (χ0) is 39.4. The third kappa shape index (κ3) is 10.4. The van der Waals surface area contributed by atoms with Gasteiger partial charge in [-0.25, -0.2) is 4.79 Å². The Kier molecular flexibility index (Phi) is 12.8. The van der Waals surface area contributed by atoms with Crippen LogP contribution in [0.25, 0.3) is 17.2 Å². The maximum atomic E-state index is 13.7. The van der Waals surface area contributed by atoms with E-state index in [1.165, 1.54) is 53.4 Å². The number of alkyl halides is 6. The lowest BCUT2D eigenvalue weighted by molar-refractivity contribution is -0.143. The van der Waals surface area contributed by atoms with Crippen LogP contribution in [0.2, 0.25) is 0 Å².